The van der Waals surface area contributed by atoms with E-state index in [1.165, 1.54) is 19.3 Å². The molecule has 0 radical (unpaired) electrons. The van der Waals surface area contributed by atoms with Crippen molar-refractivity contribution < 1.29 is 14.6 Å². The number of thiazole rings is 1. The van der Waals surface area contributed by atoms with Crippen molar-refractivity contribution in [1.82, 2.24) is 9.97 Å². The number of unbranched alkanes of at least 4 members (excludes halogenated alkanes) is 1. The minimum Gasteiger partial charge on any atom is -0.476 e. The quantitative estimate of drug-likeness (QED) is 0.612. The van der Waals surface area contributed by atoms with Crippen molar-refractivity contribution in [2.45, 2.75) is 51.4 Å². The van der Waals surface area contributed by atoms with Gasteiger partial charge >= 0.3 is 5.97 Å². The number of aromatic carboxylic acids is 1. The van der Waals surface area contributed by atoms with Crippen LogP contribution in [0, 0.1) is 5.92 Å². The summed E-state index contributed by atoms with van der Waals surface area (Å²) in [5.74, 6) is 0.0819. The van der Waals surface area contributed by atoms with Gasteiger partial charge in [-0.15, -0.1) is 11.3 Å². The van der Waals surface area contributed by atoms with E-state index >= 15 is 0 Å². The number of nitrogens with zero attached hydrogens (tertiary/aromatic N) is 2. The molecule has 2 aromatic heterocycles. The van der Waals surface area contributed by atoms with Gasteiger partial charge in [-0.05, 0) is 60.0 Å². The maximum atomic E-state index is 11.2. The van der Waals surface area contributed by atoms with E-state index in [1.54, 1.807) is 11.3 Å². The highest BCUT2D eigenvalue weighted by molar-refractivity contribution is 9.10. The van der Waals surface area contributed by atoms with Gasteiger partial charge in [0, 0.05) is 19.1 Å². The molecular weight excluding hydrogens is 404 g/mol. The smallest absolute Gasteiger partial charge is 0.355 e. The molecule has 0 spiro atoms. The number of rotatable bonds is 7. The zero-order valence-corrected chi connectivity index (χ0v) is 16.7. The predicted molar refractivity (Wildman–Crippen MR) is 103 cm³/mol. The molecule has 25 heavy (non-hydrogen) atoms. The summed E-state index contributed by atoms with van der Waals surface area (Å²) in [6.45, 7) is 3.93. The maximum absolute atomic E-state index is 11.2. The summed E-state index contributed by atoms with van der Waals surface area (Å²) >= 11 is 4.92. The second-order valence-electron chi connectivity index (χ2n) is 6.64. The number of ether oxygens (including phenoxy) is 1. The summed E-state index contributed by atoms with van der Waals surface area (Å²) in [6, 6.07) is 1.82. The number of hydrogen-bond acceptors (Lipinski definition) is 5. The highest BCUT2D eigenvalue weighted by atomic mass is 79.9. The summed E-state index contributed by atoms with van der Waals surface area (Å²) < 4.78 is 7.22. The predicted octanol–water partition coefficient (Wildman–Crippen LogP) is 5.24. The summed E-state index contributed by atoms with van der Waals surface area (Å²) in [4.78, 5) is 20.0. The topological polar surface area (TPSA) is 72.3 Å². The van der Waals surface area contributed by atoms with Crippen LogP contribution in [-0.4, -0.2) is 34.3 Å². The van der Waals surface area contributed by atoms with Crippen molar-refractivity contribution in [3.05, 3.63) is 21.2 Å². The minimum atomic E-state index is -1.04. The lowest BCUT2D eigenvalue weighted by molar-refractivity contribution is 0.0690. The molecule has 1 aliphatic rings. The van der Waals surface area contributed by atoms with Crippen LogP contribution in [0.5, 0.6) is 0 Å². The number of carboxylic acids is 1. The first kappa shape index (κ1) is 18.7. The Morgan fingerprint density at radius 2 is 2.12 bits per heavy atom. The van der Waals surface area contributed by atoms with Gasteiger partial charge in [0.15, 0.2) is 11.3 Å². The molecule has 136 valence electrons. The van der Waals surface area contributed by atoms with E-state index < -0.39 is 5.97 Å². The van der Waals surface area contributed by atoms with E-state index in [0.717, 1.165) is 42.2 Å². The van der Waals surface area contributed by atoms with Gasteiger partial charge in [-0.25, -0.2) is 14.8 Å². The zero-order valence-electron chi connectivity index (χ0n) is 14.3. The fourth-order valence-electron chi connectivity index (χ4n) is 3.25. The van der Waals surface area contributed by atoms with Crippen molar-refractivity contribution in [3.63, 3.8) is 0 Å². The largest absolute Gasteiger partial charge is 0.476 e. The fraction of sp³-hybridized carbons (Fsp3) is 0.611. The Balaban J connectivity index is 1.62. The molecule has 5 nitrogen and oxygen atoms in total. The van der Waals surface area contributed by atoms with Crippen LogP contribution >= 0.6 is 27.3 Å². The molecular formula is C18H23BrN2O3S. The first-order valence-electron chi connectivity index (χ1n) is 8.86. The summed E-state index contributed by atoms with van der Waals surface area (Å²) in [6.07, 6.45) is 6.90. The Hall–Kier alpha value is -1.05. The summed E-state index contributed by atoms with van der Waals surface area (Å²) in [7, 11) is 0. The van der Waals surface area contributed by atoms with Gasteiger partial charge < -0.3 is 9.84 Å². The van der Waals surface area contributed by atoms with Crippen LogP contribution < -0.4 is 0 Å². The van der Waals surface area contributed by atoms with E-state index in [0.29, 0.717) is 22.0 Å². The standard InChI is InChI=1S/C18H23BrN2O3S/c1-2-3-8-24-10-11-4-6-12(7-5-11)17-21-16-14(25-17)9-13(19)15(20-16)18(22)23/h9,11-12H,2-8,10H2,1H3,(H,22,23). The lowest BCUT2D eigenvalue weighted by Crippen LogP contribution is -2.18. The van der Waals surface area contributed by atoms with Crippen LogP contribution in [0.15, 0.2) is 10.5 Å². The van der Waals surface area contributed by atoms with Crippen molar-refractivity contribution >= 4 is 43.6 Å². The first-order valence-corrected chi connectivity index (χ1v) is 10.5. The van der Waals surface area contributed by atoms with Crippen molar-refractivity contribution in [2.75, 3.05) is 13.2 Å². The molecule has 1 aliphatic carbocycles. The van der Waals surface area contributed by atoms with Gasteiger partial charge in [-0.1, -0.05) is 13.3 Å². The molecule has 2 heterocycles. The Bertz CT molecular complexity index is 741. The fourth-order valence-corrected chi connectivity index (χ4v) is 5.01. The molecule has 1 N–H and O–H groups in total. The first-order chi connectivity index (χ1) is 12.1. The van der Waals surface area contributed by atoms with Crippen LogP contribution in [0.2, 0.25) is 0 Å². The normalized spacial score (nSPS) is 20.9. The molecule has 0 bridgehead atoms. The SMILES string of the molecule is CCCCOCC1CCC(c2nc3nc(C(=O)O)c(Br)cc3s2)CC1. The van der Waals surface area contributed by atoms with E-state index in [2.05, 4.69) is 32.8 Å². The number of fused-ring (bicyclic) bond motifs is 1. The average molecular weight is 427 g/mol. The molecule has 3 rings (SSSR count). The number of pyridine rings is 1. The van der Waals surface area contributed by atoms with Crippen LogP contribution in [0.4, 0.5) is 0 Å². The molecule has 1 saturated carbocycles. The van der Waals surface area contributed by atoms with Crippen LogP contribution in [0.1, 0.15) is 66.9 Å². The second-order valence-corrected chi connectivity index (χ2v) is 8.56. The van der Waals surface area contributed by atoms with Crippen LogP contribution in [-0.2, 0) is 4.74 Å². The third kappa shape index (κ3) is 4.57. The maximum Gasteiger partial charge on any atom is 0.355 e. The van der Waals surface area contributed by atoms with Gasteiger partial charge in [0.1, 0.15) is 0 Å². The van der Waals surface area contributed by atoms with Crippen molar-refractivity contribution in [3.8, 4) is 0 Å². The zero-order chi connectivity index (χ0) is 17.8. The molecule has 0 aliphatic heterocycles. The third-order valence-electron chi connectivity index (χ3n) is 4.75. The van der Waals surface area contributed by atoms with E-state index in [9.17, 15) is 9.90 Å². The average Bonchev–Trinajstić information content (AvgIpc) is 3.01. The van der Waals surface area contributed by atoms with E-state index in [-0.39, 0.29) is 5.69 Å². The van der Waals surface area contributed by atoms with Crippen molar-refractivity contribution in [2.24, 2.45) is 5.92 Å². The summed E-state index contributed by atoms with van der Waals surface area (Å²) in [5.41, 5.74) is 0.572. The molecule has 0 unspecified atom stereocenters. The lowest BCUT2D eigenvalue weighted by Gasteiger charge is -2.27. The minimum absolute atomic E-state index is 0.0253. The Labute approximate surface area is 160 Å². The molecule has 7 heteroatoms. The van der Waals surface area contributed by atoms with Crippen LogP contribution in [0.25, 0.3) is 10.3 Å². The Morgan fingerprint density at radius 1 is 1.36 bits per heavy atom. The summed E-state index contributed by atoms with van der Waals surface area (Å²) in [5, 5.41) is 10.3. The Morgan fingerprint density at radius 3 is 2.80 bits per heavy atom. The molecule has 2 aromatic rings. The molecule has 1 fully saturated rings. The molecule has 0 saturated heterocycles. The monoisotopic (exact) mass is 426 g/mol. The molecule has 0 aromatic carbocycles. The number of carboxylic acid groups (broad SMARTS) is 1. The third-order valence-corrected chi connectivity index (χ3v) is 6.51. The van der Waals surface area contributed by atoms with Gasteiger partial charge in [-0.2, -0.15) is 0 Å². The number of hydrogen-bond donors (Lipinski definition) is 1. The second kappa shape index (κ2) is 8.56. The van der Waals surface area contributed by atoms with Crippen molar-refractivity contribution in [1.29, 1.82) is 0 Å². The van der Waals surface area contributed by atoms with Gasteiger partial charge in [-0.3, -0.25) is 0 Å². The highest BCUT2D eigenvalue weighted by Gasteiger charge is 2.25. The number of halogens is 1. The van der Waals surface area contributed by atoms with Gasteiger partial charge in [0.25, 0.3) is 0 Å². The van der Waals surface area contributed by atoms with Gasteiger partial charge in [0.2, 0.25) is 0 Å². The number of aromatic nitrogens is 2. The molecule has 0 atom stereocenters. The molecule has 0 amide bonds. The van der Waals surface area contributed by atoms with Crippen LogP contribution in [0.3, 0.4) is 0 Å². The lowest BCUT2D eigenvalue weighted by atomic mass is 9.83. The van der Waals surface area contributed by atoms with E-state index in [1.807, 2.05) is 6.07 Å². The Kier molecular flexibility index (Phi) is 6.41. The van der Waals surface area contributed by atoms with E-state index in [4.69, 9.17) is 4.74 Å². The highest BCUT2D eigenvalue weighted by Crippen LogP contribution is 2.39. The van der Waals surface area contributed by atoms with Gasteiger partial charge in [0.05, 0.1) is 14.2 Å². The number of carbonyl (C=O) groups is 1.